The summed E-state index contributed by atoms with van der Waals surface area (Å²) in [4.78, 5) is 36.1. The molecule has 2 aromatic carbocycles. The highest BCUT2D eigenvalue weighted by atomic mass is 16.5. The number of carbonyl (C=O) groups is 2. The molecule has 1 aromatic heterocycles. The number of pyridine rings is 1. The number of ether oxygens (including phenoxy) is 2. The molecular formula is C30H28N2O4. The van der Waals surface area contributed by atoms with Gasteiger partial charge in [0.1, 0.15) is 18.3 Å². The van der Waals surface area contributed by atoms with Crippen LogP contribution in [0.15, 0.2) is 95.4 Å². The number of aromatic nitrogens is 1. The fraction of sp³-hybridized carbons (Fsp3) is 0.267. The maximum atomic E-state index is 13.7. The van der Waals surface area contributed by atoms with Crippen molar-refractivity contribution in [2.24, 2.45) is 10.9 Å². The molecule has 3 unspecified atom stereocenters. The Morgan fingerprint density at radius 1 is 0.944 bits per heavy atom. The van der Waals surface area contributed by atoms with Gasteiger partial charge in [-0.2, -0.15) is 0 Å². The van der Waals surface area contributed by atoms with Crippen LogP contribution >= 0.6 is 0 Å². The second kappa shape index (κ2) is 10.3. The molecule has 0 N–H and O–H groups in total. The minimum Gasteiger partial charge on any atom is -0.497 e. The Morgan fingerprint density at radius 3 is 2.36 bits per heavy atom. The average Bonchev–Trinajstić information content (AvgIpc) is 2.92. The SMILES string of the molecule is COc1ccc(C2CC(=O)C3=C(C2)N=C(C)C(C(=O)OCc2ccccc2)C3c2ccncc2)cc1. The third-order valence-corrected chi connectivity index (χ3v) is 7.02. The molecule has 6 heteroatoms. The lowest BCUT2D eigenvalue weighted by atomic mass is 9.69. The number of Topliss-reactive ketones (excluding diaryl/α,β-unsaturated/α-hetero) is 1. The van der Waals surface area contributed by atoms with Crippen molar-refractivity contribution in [1.29, 1.82) is 0 Å². The molecular weight excluding hydrogens is 452 g/mol. The lowest BCUT2D eigenvalue weighted by molar-refractivity contribution is -0.148. The zero-order chi connectivity index (χ0) is 25.1. The van der Waals surface area contributed by atoms with Gasteiger partial charge in [-0.3, -0.25) is 19.6 Å². The van der Waals surface area contributed by atoms with E-state index in [1.54, 1.807) is 19.5 Å². The standard InChI is InChI=1S/C30H28N2O4/c1-19-27(30(34)36-18-20-6-4-3-5-7-20)28(22-12-14-31-15-13-22)29-25(32-19)16-23(17-26(29)33)21-8-10-24(35-2)11-9-21/h3-15,23,27-28H,16-18H2,1-2H3. The summed E-state index contributed by atoms with van der Waals surface area (Å²) in [5.74, 6) is -0.667. The number of aliphatic imine (C=N–C) groups is 1. The Hall–Kier alpha value is -4.06. The van der Waals surface area contributed by atoms with Crippen molar-refractivity contribution in [2.75, 3.05) is 7.11 Å². The quantitative estimate of drug-likeness (QED) is 0.441. The van der Waals surface area contributed by atoms with Gasteiger partial charge in [0.2, 0.25) is 0 Å². The lowest BCUT2D eigenvalue weighted by Crippen LogP contribution is -2.38. The first-order chi connectivity index (χ1) is 17.5. The summed E-state index contributed by atoms with van der Waals surface area (Å²) in [6.07, 6.45) is 4.39. The molecule has 182 valence electrons. The number of esters is 1. The summed E-state index contributed by atoms with van der Waals surface area (Å²) in [5.41, 5.74) is 4.90. The number of allylic oxidation sites excluding steroid dienone is 2. The van der Waals surface area contributed by atoms with Crippen molar-refractivity contribution in [3.63, 3.8) is 0 Å². The fourth-order valence-corrected chi connectivity index (χ4v) is 5.23. The minimum absolute atomic E-state index is 0.0241. The molecule has 1 aliphatic heterocycles. The van der Waals surface area contributed by atoms with Crippen molar-refractivity contribution in [2.45, 2.75) is 38.2 Å². The van der Waals surface area contributed by atoms with Crippen LogP contribution in [0.4, 0.5) is 0 Å². The van der Waals surface area contributed by atoms with Gasteiger partial charge >= 0.3 is 5.97 Å². The van der Waals surface area contributed by atoms with Crippen molar-refractivity contribution in [1.82, 2.24) is 4.98 Å². The number of methoxy groups -OCH3 is 1. The predicted octanol–water partition coefficient (Wildman–Crippen LogP) is 5.41. The number of hydrogen-bond acceptors (Lipinski definition) is 6. The monoisotopic (exact) mass is 480 g/mol. The normalized spacial score (nSPS) is 21.4. The highest BCUT2D eigenvalue weighted by Crippen LogP contribution is 2.46. The molecule has 0 fully saturated rings. The Morgan fingerprint density at radius 2 is 1.67 bits per heavy atom. The lowest BCUT2D eigenvalue weighted by Gasteiger charge is -2.36. The number of nitrogens with zero attached hydrogens (tertiary/aromatic N) is 2. The van der Waals surface area contributed by atoms with Crippen molar-refractivity contribution >= 4 is 17.5 Å². The molecule has 6 nitrogen and oxygen atoms in total. The van der Waals surface area contributed by atoms with Crippen molar-refractivity contribution in [3.8, 4) is 5.75 Å². The van der Waals surface area contributed by atoms with E-state index in [0.717, 1.165) is 28.1 Å². The second-order valence-corrected chi connectivity index (χ2v) is 9.24. The molecule has 3 aromatic rings. The van der Waals surface area contributed by atoms with Crippen LogP contribution in [0.25, 0.3) is 0 Å². The van der Waals surface area contributed by atoms with Crippen LogP contribution in [0.5, 0.6) is 5.75 Å². The molecule has 2 heterocycles. The van der Waals surface area contributed by atoms with Crippen LogP contribution < -0.4 is 4.74 Å². The summed E-state index contributed by atoms with van der Waals surface area (Å²) in [5, 5.41) is 0. The predicted molar refractivity (Wildman–Crippen MR) is 137 cm³/mol. The van der Waals surface area contributed by atoms with Gasteiger partial charge in [-0.1, -0.05) is 42.5 Å². The average molecular weight is 481 g/mol. The van der Waals surface area contributed by atoms with Crippen molar-refractivity contribution in [3.05, 3.63) is 107 Å². The first kappa shape index (κ1) is 23.7. The van der Waals surface area contributed by atoms with Gasteiger partial charge in [-0.25, -0.2) is 0 Å². The molecule has 0 saturated heterocycles. The molecule has 3 atom stereocenters. The fourth-order valence-electron chi connectivity index (χ4n) is 5.23. The van der Waals surface area contributed by atoms with E-state index in [9.17, 15) is 9.59 Å². The summed E-state index contributed by atoms with van der Waals surface area (Å²) in [6.45, 7) is 2.03. The minimum atomic E-state index is -0.670. The summed E-state index contributed by atoms with van der Waals surface area (Å²) < 4.78 is 11.0. The third kappa shape index (κ3) is 4.71. The van der Waals surface area contributed by atoms with Crippen molar-refractivity contribution < 1.29 is 19.1 Å². The molecule has 0 amide bonds. The van der Waals surface area contributed by atoms with Gasteiger partial charge in [-0.15, -0.1) is 0 Å². The molecule has 0 saturated carbocycles. The smallest absolute Gasteiger partial charge is 0.315 e. The van der Waals surface area contributed by atoms with Gasteiger partial charge in [0.25, 0.3) is 0 Å². The number of benzene rings is 2. The Bertz CT molecular complexity index is 1310. The Labute approximate surface area is 210 Å². The maximum absolute atomic E-state index is 13.7. The van der Waals surface area contributed by atoms with Crippen LogP contribution in [0.1, 0.15) is 48.3 Å². The van der Waals surface area contributed by atoms with Gasteiger partial charge in [0.05, 0.1) is 7.11 Å². The first-order valence-corrected chi connectivity index (χ1v) is 12.1. The highest BCUT2D eigenvalue weighted by Gasteiger charge is 2.44. The van der Waals surface area contributed by atoms with E-state index in [2.05, 4.69) is 4.98 Å². The molecule has 0 radical (unpaired) electrons. The maximum Gasteiger partial charge on any atom is 0.315 e. The van der Waals surface area contributed by atoms with E-state index >= 15 is 0 Å². The molecule has 0 bridgehead atoms. The van der Waals surface area contributed by atoms with E-state index in [0.29, 0.717) is 24.1 Å². The van der Waals surface area contributed by atoms with E-state index in [-0.39, 0.29) is 24.3 Å². The van der Waals surface area contributed by atoms with Gasteiger partial charge in [-0.05, 0) is 60.2 Å². The largest absolute Gasteiger partial charge is 0.497 e. The molecule has 2 aliphatic rings. The number of ketones is 1. The summed E-state index contributed by atoms with van der Waals surface area (Å²) in [7, 11) is 1.64. The summed E-state index contributed by atoms with van der Waals surface area (Å²) in [6, 6.07) is 21.2. The van der Waals surface area contributed by atoms with E-state index in [4.69, 9.17) is 14.5 Å². The number of hydrogen-bond donors (Lipinski definition) is 0. The first-order valence-electron chi connectivity index (χ1n) is 12.1. The summed E-state index contributed by atoms with van der Waals surface area (Å²) >= 11 is 0. The second-order valence-electron chi connectivity index (χ2n) is 9.24. The van der Waals surface area contributed by atoms with Gasteiger partial charge in [0, 0.05) is 41.7 Å². The van der Waals surface area contributed by atoms with Crippen LogP contribution in [-0.2, 0) is 20.9 Å². The van der Waals surface area contributed by atoms with Gasteiger partial charge < -0.3 is 9.47 Å². The zero-order valence-corrected chi connectivity index (χ0v) is 20.4. The Kier molecular flexibility index (Phi) is 6.76. The van der Waals surface area contributed by atoms with E-state index < -0.39 is 11.8 Å². The Balaban J connectivity index is 1.47. The third-order valence-electron chi connectivity index (χ3n) is 7.02. The number of rotatable bonds is 6. The van der Waals surface area contributed by atoms with E-state index in [1.807, 2.05) is 73.7 Å². The van der Waals surface area contributed by atoms with Crippen LogP contribution in [-0.4, -0.2) is 29.6 Å². The van der Waals surface area contributed by atoms with Crippen LogP contribution in [0.3, 0.4) is 0 Å². The van der Waals surface area contributed by atoms with E-state index in [1.165, 1.54) is 0 Å². The molecule has 0 spiro atoms. The topological polar surface area (TPSA) is 77.8 Å². The number of carbonyl (C=O) groups excluding carboxylic acids is 2. The highest BCUT2D eigenvalue weighted by molar-refractivity contribution is 6.09. The molecule has 36 heavy (non-hydrogen) atoms. The molecule has 5 rings (SSSR count). The van der Waals surface area contributed by atoms with Crippen LogP contribution in [0, 0.1) is 5.92 Å². The molecule has 1 aliphatic carbocycles. The van der Waals surface area contributed by atoms with Gasteiger partial charge in [0.15, 0.2) is 5.78 Å². The zero-order valence-electron chi connectivity index (χ0n) is 20.4. The van der Waals surface area contributed by atoms with Crippen LogP contribution in [0.2, 0.25) is 0 Å².